The minimum absolute atomic E-state index is 0.118. The van der Waals surface area contributed by atoms with Crippen LogP contribution in [0.4, 0.5) is 0 Å². The average Bonchev–Trinajstić information content (AvgIpc) is 2.44. The first-order valence-electron chi connectivity index (χ1n) is 6.26. The van der Waals surface area contributed by atoms with Gasteiger partial charge in [-0.1, -0.05) is 0 Å². The summed E-state index contributed by atoms with van der Waals surface area (Å²) in [6.07, 6.45) is 1.04. The molecule has 17 heavy (non-hydrogen) atoms. The monoisotopic (exact) mass is 243 g/mol. The van der Waals surface area contributed by atoms with E-state index in [4.69, 9.17) is 9.47 Å². The van der Waals surface area contributed by atoms with Crippen LogP contribution in [0.2, 0.25) is 0 Å². The molecule has 0 bridgehead atoms. The third-order valence-corrected chi connectivity index (χ3v) is 3.19. The first kappa shape index (κ1) is 14.5. The van der Waals surface area contributed by atoms with E-state index in [-0.39, 0.29) is 23.7 Å². The van der Waals surface area contributed by atoms with Gasteiger partial charge in [-0.2, -0.15) is 0 Å². The van der Waals surface area contributed by atoms with Crippen molar-refractivity contribution in [2.45, 2.75) is 71.2 Å². The SMILES string of the molecule is CC(NC1(C)CCOC1C)C(=O)OC(C)(C)C. The minimum Gasteiger partial charge on any atom is -0.459 e. The number of carbonyl (C=O) groups is 1. The second kappa shape index (κ2) is 4.94. The Labute approximate surface area is 104 Å². The fourth-order valence-electron chi connectivity index (χ4n) is 1.97. The van der Waals surface area contributed by atoms with Crippen molar-refractivity contribution in [3.05, 3.63) is 0 Å². The van der Waals surface area contributed by atoms with Crippen LogP contribution in [0.25, 0.3) is 0 Å². The van der Waals surface area contributed by atoms with Crippen LogP contribution in [-0.4, -0.2) is 35.9 Å². The fourth-order valence-corrected chi connectivity index (χ4v) is 1.97. The lowest BCUT2D eigenvalue weighted by atomic mass is 9.93. The van der Waals surface area contributed by atoms with Crippen molar-refractivity contribution < 1.29 is 14.3 Å². The van der Waals surface area contributed by atoms with Gasteiger partial charge in [-0.25, -0.2) is 0 Å². The molecule has 0 aliphatic carbocycles. The quantitative estimate of drug-likeness (QED) is 0.769. The van der Waals surface area contributed by atoms with Crippen molar-refractivity contribution in [2.75, 3.05) is 6.61 Å². The van der Waals surface area contributed by atoms with Gasteiger partial charge in [-0.3, -0.25) is 10.1 Å². The van der Waals surface area contributed by atoms with E-state index in [2.05, 4.69) is 12.2 Å². The lowest BCUT2D eigenvalue weighted by Crippen LogP contribution is -2.54. The average molecular weight is 243 g/mol. The molecule has 1 heterocycles. The molecule has 1 aliphatic rings. The van der Waals surface area contributed by atoms with Crippen molar-refractivity contribution in [2.24, 2.45) is 0 Å². The molecule has 1 fully saturated rings. The van der Waals surface area contributed by atoms with Crippen molar-refractivity contribution in [1.82, 2.24) is 5.32 Å². The van der Waals surface area contributed by atoms with Gasteiger partial charge in [-0.05, 0) is 48.0 Å². The van der Waals surface area contributed by atoms with Crippen LogP contribution in [-0.2, 0) is 14.3 Å². The maximum atomic E-state index is 11.9. The third-order valence-electron chi connectivity index (χ3n) is 3.19. The summed E-state index contributed by atoms with van der Waals surface area (Å²) in [5.74, 6) is -0.210. The molecule has 100 valence electrons. The van der Waals surface area contributed by atoms with Crippen LogP contribution < -0.4 is 5.32 Å². The molecule has 0 aromatic heterocycles. The topological polar surface area (TPSA) is 47.6 Å². The molecule has 1 rings (SSSR count). The molecular weight excluding hydrogens is 218 g/mol. The number of carbonyl (C=O) groups excluding carboxylic acids is 1. The summed E-state index contributed by atoms with van der Waals surface area (Å²) in [4.78, 5) is 11.9. The summed E-state index contributed by atoms with van der Waals surface area (Å²) in [6.45, 7) is 12.3. The Morgan fingerprint density at radius 1 is 1.53 bits per heavy atom. The van der Waals surface area contributed by atoms with E-state index in [9.17, 15) is 4.79 Å². The standard InChI is InChI=1S/C13H25NO3/c1-9(11(15)17-12(3,4)5)14-13(6)7-8-16-10(13)2/h9-10,14H,7-8H2,1-6H3. The maximum absolute atomic E-state index is 11.9. The predicted octanol–water partition coefficient (Wildman–Crippen LogP) is 1.87. The van der Waals surface area contributed by atoms with E-state index in [1.165, 1.54) is 0 Å². The Balaban J connectivity index is 2.54. The minimum atomic E-state index is -0.439. The van der Waals surface area contributed by atoms with Crippen LogP contribution in [0, 0.1) is 0 Å². The molecule has 0 radical (unpaired) electrons. The highest BCUT2D eigenvalue weighted by Crippen LogP contribution is 2.25. The van der Waals surface area contributed by atoms with Crippen molar-refractivity contribution in [3.8, 4) is 0 Å². The van der Waals surface area contributed by atoms with Gasteiger partial charge in [0.15, 0.2) is 0 Å². The Bertz CT molecular complexity index is 285. The van der Waals surface area contributed by atoms with Gasteiger partial charge in [0.1, 0.15) is 11.6 Å². The highest BCUT2D eigenvalue weighted by atomic mass is 16.6. The summed E-state index contributed by atoms with van der Waals surface area (Å²) < 4.78 is 10.9. The smallest absolute Gasteiger partial charge is 0.323 e. The number of ether oxygens (including phenoxy) is 2. The van der Waals surface area contributed by atoms with Crippen molar-refractivity contribution in [1.29, 1.82) is 0 Å². The Kier molecular flexibility index (Phi) is 4.20. The van der Waals surface area contributed by atoms with Crippen molar-refractivity contribution in [3.63, 3.8) is 0 Å². The number of rotatable bonds is 3. The molecule has 1 saturated heterocycles. The highest BCUT2D eigenvalue weighted by molar-refractivity contribution is 5.75. The number of nitrogens with one attached hydrogen (secondary N) is 1. The zero-order valence-electron chi connectivity index (χ0n) is 11.8. The lowest BCUT2D eigenvalue weighted by molar-refractivity contribution is -0.157. The summed E-state index contributed by atoms with van der Waals surface area (Å²) in [5.41, 5.74) is -0.581. The molecule has 0 amide bonds. The number of hydrogen-bond donors (Lipinski definition) is 1. The molecule has 1 aliphatic heterocycles. The molecule has 0 spiro atoms. The maximum Gasteiger partial charge on any atom is 0.323 e. The first-order valence-corrected chi connectivity index (χ1v) is 6.26. The molecule has 0 aromatic rings. The van der Waals surface area contributed by atoms with Gasteiger partial charge in [-0.15, -0.1) is 0 Å². The zero-order valence-corrected chi connectivity index (χ0v) is 11.8. The van der Waals surface area contributed by atoms with E-state index in [1.807, 2.05) is 34.6 Å². The second-order valence-electron chi connectivity index (χ2n) is 6.08. The van der Waals surface area contributed by atoms with Gasteiger partial charge >= 0.3 is 5.97 Å². The Morgan fingerprint density at radius 2 is 2.12 bits per heavy atom. The number of esters is 1. The molecular formula is C13H25NO3. The highest BCUT2D eigenvalue weighted by Gasteiger charge is 2.39. The van der Waals surface area contributed by atoms with E-state index in [0.29, 0.717) is 0 Å². The van der Waals surface area contributed by atoms with Gasteiger partial charge in [0.2, 0.25) is 0 Å². The van der Waals surface area contributed by atoms with Crippen molar-refractivity contribution >= 4 is 5.97 Å². The van der Waals surface area contributed by atoms with E-state index < -0.39 is 5.60 Å². The van der Waals surface area contributed by atoms with Gasteiger partial charge < -0.3 is 9.47 Å². The van der Waals surface area contributed by atoms with E-state index >= 15 is 0 Å². The number of hydrogen-bond acceptors (Lipinski definition) is 4. The molecule has 3 unspecified atom stereocenters. The van der Waals surface area contributed by atoms with Crippen LogP contribution in [0.5, 0.6) is 0 Å². The molecule has 0 saturated carbocycles. The van der Waals surface area contributed by atoms with Crippen LogP contribution >= 0.6 is 0 Å². The Hall–Kier alpha value is -0.610. The van der Waals surface area contributed by atoms with Crippen LogP contribution in [0.15, 0.2) is 0 Å². The normalized spacial score (nSPS) is 31.3. The first-order chi connectivity index (χ1) is 7.64. The molecule has 4 heteroatoms. The van der Waals surface area contributed by atoms with Crippen LogP contribution in [0.3, 0.4) is 0 Å². The molecule has 4 nitrogen and oxygen atoms in total. The zero-order chi connectivity index (χ0) is 13.3. The predicted molar refractivity (Wildman–Crippen MR) is 66.9 cm³/mol. The second-order valence-corrected chi connectivity index (χ2v) is 6.08. The Morgan fingerprint density at radius 3 is 2.53 bits per heavy atom. The molecule has 0 aromatic carbocycles. The largest absolute Gasteiger partial charge is 0.459 e. The summed E-state index contributed by atoms with van der Waals surface area (Å²) in [7, 11) is 0. The summed E-state index contributed by atoms with van der Waals surface area (Å²) in [6, 6.07) is -0.316. The van der Waals surface area contributed by atoms with Gasteiger partial charge in [0.25, 0.3) is 0 Å². The van der Waals surface area contributed by atoms with E-state index in [0.717, 1.165) is 13.0 Å². The van der Waals surface area contributed by atoms with Crippen LogP contribution in [0.1, 0.15) is 48.0 Å². The third kappa shape index (κ3) is 3.96. The van der Waals surface area contributed by atoms with Gasteiger partial charge in [0.05, 0.1) is 6.10 Å². The van der Waals surface area contributed by atoms with Gasteiger partial charge in [0, 0.05) is 12.1 Å². The molecule has 1 N–H and O–H groups in total. The summed E-state index contributed by atoms with van der Waals surface area (Å²) in [5, 5.41) is 3.33. The summed E-state index contributed by atoms with van der Waals surface area (Å²) >= 11 is 0. The lowest BCUT2D eigenvalue weighted by Gasteiger charge is -2.32. The fraction of sp³-hybridized carbons (Fsp3) is 0.923. The molecule has 3 atom stereocenters. The van der Waals surface area contributed by atoms with E-state index in [1.54, 1.807) is 0 Å².